The minimum atomic E-state index is -0.114. The normalized spacial score (nSPS) is 17.4. The predicted molar refractivity (Wildman–Crippen MR) is 81.4 cm³/mol. The molecule has 1 aromatic carbocycles. The first-order valence-corrected chi connectivity index (χ1v) is 7.75. The highest BCUT2D eigenvalue weighted by atomic mass is 79.9. The van der Waals surface area contributed by atoms with Gasteiger partial charge in [0.2, 0.25) is 0 Å². The van der Waals surface area contributed by atoms with Crippen LogP contribution in [0.4, 0.5) is 0 Å². The maximum Gasteiger partial charge on any atom is 0.252 e. The molecule has 2 rings (SSSR count). The van der Waals surface area contributed by atoms with E-state index in [1.54, 1.807) is 18.2 Å². The van der Waals surface area contributed by atoms with E-state index in [9.17, 15) is 4.79 Å². The number of carbonyl (C=O) groups excluding carboxylic acids is 1. The second-order valence-corrected chi connectivity index (χ2v) is 6.28. The Morgan fingerprint density at radius 3 is 2.79 bits per heavy atom. The number of benzene rings is 1. The molecule has 1 aliphatic carbocycles. The second-order valence-electron chi connectivity index (χ2n) is 4.98. The minimum Gasteiger partial charge on any atom is -0.348 e. The molecule has 1 saturated carbocycles. The summed E-state index contributed by atoms with van der Waals surface area (Å²) < 4.78 is 0.747. The number of amides is 1. The Bertz CT molecular complexity index is 461. The zero-order valence-corrected chi connectivity index (χ0v) is 13.0. The quantitative estimate of drug-likeness (QED) is 0.879. The third-order valence-corrected chi connectivity index (χ3v) is 4.64. The largest absolute Gasteiger partial charge is 0.348 e. The molecule has 5 heteroatoms. The Kier molecular flexibility index (Phi) is 5.25. The van der Waals surface area contributed by atoms with Gasteiger partial charge in [-0.3, -0.25) is 4.79 Å². The van der Waals surface area contributed by atoms with Crippen molar-refractivity contribution in [3.05, 3.63) is 33.3 Å². The number of hydrogen-bond acceptors (Lipinski definition) is 2. The minimum absolute atomic E-state index is 0.0564. The Hall–Kier alpha value is -0.580. The van der Waals surface area contributed by atoms with Crippen LogP contribution >= 0.6 is 27.5 Å². The summed E-state index contributed by atoms with van der Waals surface area (Å²) in [5, 5.41) is 3.59. The maximum atomic E-state index is 12.3. The molecule has 0 aromatic heterocycles. The Morgan fingerprint density at radius 1 is 1.47 bits per heavy atom. The molecule has 1 unspecified atom stereocenters. The standard InChI is InChI=1S/C14H18BrClN2O/c15-12-6-5-10(16)7-11(12)14(19)18-13(8-17)9-3-1-2-4-9/h5-7,9,13H,1-4,8,17H2,(H,18,19). The van der Waals surface area contributed by atoms with Crippen molar-refractivity contribution in [2.45, 2.75) is 31.7 Å². The van der Waals surface area contributed by atoms with E-state index in [1.807, 2.05) is 0 Å². The number of nitrogens with one attached hydrogen (secondary N) is 1. The summed E-state index contributed by atoms with van der Waals surface area (Å²) >= 11 is 9.31. The molecule has 1 atom stereocenters. The fourth-order valence-electron chi connectivity index (χ4n) is 2.65. The van der Waals surface area contributed by atoms with E-state index in [0.29, 0.717) is 23.0 Å². The van der Waals surface area contributed by atoms with E-state index < -0.39 is 0 Å². The molecule has 0 saturated heterocycles. The average molecular weight is 346 g/mol. The third-order valence-electron chi connectivity index (χ3n) is 3.71. The highest BCUT2D eigenvalue weighted by Crippen LogP contribution is 2.28. The number of halogens is 2. The van der Waals surface area contributed by atoms with Crippen LogP contribution < -0.4 is 11.1 Å². The van der Waals surface area contributed by atoms with Crippen LogP contribution in [-0.4, -0.2) is 18.5 Å². The van der Waals surface area contributed by atoms with Crippen LogP contribution in [0, 0.1) is 5.92 Å². The first-order valence-electron chi connectivity index (χ1n) is 6.58. The van der Waals surface area contributed by atoms with Crippen molar-refractivity contribution in [2.75, 3.05) is 6.54 Å². The summed E-state index contributed by atoms with van der Waals surface area (Å²) in [6.45, 7) is 0.481. The molecule has 104 valence electrons. The zero-order chi connectivity index (χ0) is 13.8. The number of hydrogen-bond donors (Lipinski definition) is 2. The lowest BCUT2D eigenvalue weighted by atomic mass is 9.98. The zero-order valence-electron chi connectivity index (χ0n) is 10.7. The maximum absolute atomic E-state index is 12.3. The fourth-order valence-corrected chi connectivity index (χ4v) is 3.25. The topological polar surface area (TPSA) is 55.1 Å². The number of rotatable bonds is 4. The molecular formula is C14H18BrClN2O. The molecule has 1 aromatic rings. The molecule has 0 aliphatic heterocycles. The van der Waals surface area contributed by atoms with Crippen molar-refractivity contribution in [3.8, 4) is 0 Å². The summed E-state index contributed by atoms with van der Waals surface area (Å²) in [4.78, 5) is 12.3. The van der Waals surface area contributed by atoms with Crippen LogP contribution in [0.25, 0.3) is 0 Å². The van der Waals surface area contributed by atoms with Gasteiger partial charge in [0, 0.05) is 22.1 Å². The number of nitrogens with two attached hydrogens (primary N) is 1. The fraction of sp³-hybridized carbons (Fsp3) is 0.500. The van der Waals surface area contributed by atoms with E-state index in [0.717, 1.165) is 17.3 Å². The van der Waals surface area contributed by atoms with Gasteiger partial charge < -0.3 is 11.1 Å². The van der Waals surface area contributed by atoms with Crippen LogP contribution in [0.5, 0.6) is 0 Å². The van der Waals surface area contributed by atoms with Crippen LogP contribution in [0.1, 0.15) is 36.0 Å². The van der Waals surface area contributed by atoms with Crippen molar-refractivity contribution >= 4 is 33.4 Å². The molecule has 0 heterocycles. The van der Waals surface area contributed by atoms with Gasteiger partial charge in [0.05, 0.1) is 5.56 Å². The molecule has 1 fully saturated rings. The van der Waals surface area contributed by atoms with Crippen molar-refractivity contribution in [1.29, 1.82) is 0 Å². The van der Waals surface area contributed by atoms with Gasteiger partial charge in [-0.1, -0.05) is 24.4 Å². The Labute approximate surface area is 127 Å². The van der Waals surface area contributed by atoms with E-state index >= 15 is 0 Å². The van der Waals surface area contributed by atoms with E-state index in [1.165, 1.54) is 12.8 Å². The first-order chi connectivity index (χ1) is 9.11. The SMILES string of the molecule is NCC(NC(=O)c1cc(Cl)ccc1Br)C1CCCC1. The predicted octanol–water partition coefficient (Wildman–Crippen LogP) is 3.35. The highest BCUT2D eigenvalue weighted by Gasteiger charge is 2.26. The Morgan fingerprint density at radius 2 is 2.16 bits per heavy atom. The van der Waals surface area contributed by atoms with E-state index in [4.69, 9.17) is 17.3 Å². The molecule has 19 heavy (non-hydrogen) atoms. The molecular weight excluding hydrogens is 328 g/mol. The molecule has 0 bridgehead atoms. The van der Waals surface area contributed by atoms with Gasteiger partial charge in [-0.05, 0) is 52.9 Å². The van der Waals surface area contributed by atoms with E-state index in [-0.39, 0.29) is 11.9 Å². The summed E-state index contributed by atoms with van der Waals surface area (Å²) in [7, 11) is 0. The van der Waals surface area contributed by atoms with Gasteiger partial charge in [0.1, 0.15) is 0 Å². The lowest BCUT2D eigenvalue weighted by Crippen LogP contribution is -2.44. The molecule has 0 radical (unpaired) electrons. The van der Waals surface area contributed by atoms with E-state index in [2.05, 4.69) is 21.2 Å². The molecule has 0 spiro atoms. The van der Waals surface area contributed by atoms with Crippen molar-refractivity contribution in [2.24, 2.45) is 11.7 Å². The molecule has 3 N–H and O–H groups in total. The third kappa shape index (κ3) is 3.71. The van der Waals surface area contributed by atoms with Crippen LogP contribution in [0.3, 0.4) is 0 Å². The van der Waals surface area contributed by atoms with Crippen molar-refractivity contribution in [1.82, 2.24) is 5.32 Å². The van der Waals surface area contributed by atoms with Gasteiger partial charge in [0.25, 0.3) is 5.91 Å². The monoisotopic (exact) mass is 344 g/mol. The van der Waals surface area contributed by atoms with Gasteiger partial charge in [0.15, 0.2) is 0 Å². The molecule has 1 amide bonds. The van der Waals surface area contributed by atoms with Gasteiger partial charge in [-0.15, -0.1) is 0 Å². The first kappa shape index (κ1) is 14.8. The van der Waals surface area contributed by atoms with Crippen LogP contribution in [0.15, 0.2) is 22.7 Å². The summed E-state index contributed by atoms with van der Waals surface area (Å²) in [6, 6.07) is 5.26. The summed E-state index contributed by atoms with van der Waals surface area (Å²) in [6.07, 6.45) is 4.77. The van der Waals surface area contributed by atoms with Gasteiger partial charge in [-0.2, -0.15) is 0 Å². The average Bonchev–Trinajstić information content (AvgIpc) is 2.92. The van der Waals surface area contributed by atoms with Gasteiger partial charge >= 0.3 is 0 Å². The highest BCUT2D eigenvalue weighted by molar-refractivity contribution is 9.10. The number of carbonyl (C=O) groups is 1. The summed E-state index contributed by atoms with van der Waals surface area (Å²) in [5.41, 5.74) is 6.35. The lowest BCUT2D eigenvalue weighted by molar-refractivity contribution is 0.0923. The van der Waals surface area contributed by atoms with Crippen molar-refractivity contribution < 1.29 is 4.79 Å². The summed E-state index contributed by atoms with van der Waals surface area (Å²) in [5.74, 6) is 0.392. The molecule has 3 nitrogen and oxygen atoms in total. The Balaban J connectivity index is 2.08. The smallest absolute Gasteiger partial charge is 0.252 e. The lowest BCUT2D eigenvalue weighted by Gasteiger charge is -2.23. The second kappa shape index (κ2) is 6.73. The van der Waals surface area contributed by atoms with Crippen molar-refractivity contribution in [3.63, 3.8) is 0 Å². The van der Waals surface area contributed by atoms with Crippen LogP contribution in [0.2, 0.25) is 5.02 Å². The molecule has 1 aliphatic rings. The van der Waals surface area contributed by atoms with Gasteiger partial charge in [-0.25, -0.2) is 0 Å². The van der Waals surface area contributed by atoms with Crippen LogP contribution in [-0.2, 0) is 0 Å².